The molecule has 0 unspecified atom stereocenters. The van der Waals surface area contributed by atoms with Crippen molar-refractivity contribution in [2.45, 2.75) is 79.5 Å². The average Bonchev–Trinajstić information content (AvgIpc) is 3.14. The number of hydrogen-bond donors (Lipinski definition) is 0. The Morgan fingerprint density at radius 2 is 0.604 bits per heavy atom. The molecule has 6 nitrogen and oxygen atoms in total. The Morgan fingerprint density at radius 3 is 0.792 bits per heavy atom. The summed E-state index contributed by atoms with van der Waals surface area (Å²) in [6.45, 7) is 11.0. The number of rotatable bonds is 18. The molecule has 0 atom stereocenters. The predicted octanol–water partition coefficient (Wildman–Crippen LogP) is 9.61. The monoisotopic (exact) mass is 642 g/mol. The van der Waals surface area contributed by atoms with Gasteiger partial charge in [0.15, 0.2) is 17.3 Å². The summed E-state index contributed by atoms with van der Waals surface area (Å²) in [5.41, 5.74) is 1.30. The van der Waals surface area contributed by atoms with Crippen molar-refractivity contribution in [1.82, 2.24) is 0 Å². The quantitative estimate of drug-likeness (QED) is 0.0795. The van der Waals surface area contributed by atoms with Crippen molar-refractivity contribution in [1.29, 1.82) is 0 Å². The first-order chi connectivity index (χ1) is 23.3. The van der Waals surface area contributed by atoms with Crippen LogP contribution >= 0.6 is 0 Å². The van der Waals surface area contributed by atoms with E-state index in [1.165, 1.54) is 0 Å². The largest absolute Gasteiger partial charge is 0.560 e. The predicted molar refractivity (Wildman–Crippen MR) is 198 cm³/mol. The Morgan fingerprint density at radius 1 is 0.396 bits per heavy atom. The van der Waals surface area contributed by atoms with E-state index in [0.29, 0.717) is 54.6 Å². The zero-order valence-electron chi connectivity index (χ0n) is 29.1. The zero-order chi connectivity index (χ0) is 34.6. The maximum atomic E-state index is 14.8. The van der Waals surface area contributed by atoms with Crippen LogP contribution in [0.3, 0.4) is 0 Å². The first-order valence-corrected chi connectivity index (χ1v) is 17.4. The number of carbonyl (C=O) groups is 3. The molecule has 0 aliphatic carbocycles. The van der Waals surface area contributed by atoms with Gasteiger partial charge in [0.2, 0.25) is 0 Å². The highest BCUT2D eigenvalue weighted by molar-refractivity contribution is 6.54. The van der Waals surface area contributed by atoms with Gasteiger partial charge in [-0.15, -0.1) is 0 Å². The van der Waals surface area contributed by atoms with Gasteiger partial charge in [0.05, 0.1) is 0 Å². The van der Waals surface area contributed by atoms with Crippen LogP contribution in [-0.4, -0.2) is 38.1 Å². The molecular formula is C39H45B3O6. The van der Waals surface area contributed by atoms with Crippen molar-refractivity contribution in [2.24, 2.45) is 0 Å². The van der Waals surface area contributed by atoms with Crippen LogP contribution in [-0.2, 0) is 0 Å². The molecule has 0 aromatic heterocycles. The lowest BCUT2D eigenvalue weighted by molar-refractivity contribution is 0.103. The van der Waals surface area contributed by atoms with E-state index in [-0.39, 0.29) is 54.7 Å². The highest BCUT2D eigenvalue weighted by Gasteiger charge is 2.39. The molecule has 0 aliphatic rings. The first-order valence-electron chi connectivity index (χ1n) is 17.4. The molecule has 0 amide bonds. The van der Waals surface area contributed by atoms with Gasteiger partial charge in [-0.2, -0.15) is 0 Å². The second kappa shape index (κ2) is 17.6. The van der Waals surface area contributed by atoms with E-state index in [2.05, 4.69) is 0 Å². The highest BCUT2D eigenvalue weighted by Crippen LogP contribution is 2.48. The molecule has 0 radical (unpaired) electrons. The van der Waals surface area contributed by atoms with E-state index in [1.807, 2.05) is 59.7 Å². The van der Waals surface area contributed by atoms with Gasteiger partial charge in [-0.3, -0.25) is 14.4 Å². The maximum absolute atomic E-state index is 14.8. The lowest BCUT2D eigenvalue weighted by Crippen LogP contribution is -2.29. The van der Waals surface area contributed by atoms with Crippen LogP contribution < -0.4 is 14.0 Å². The molecule has 4 rings (SSSR count). The third-order valence-corrected chi connectivity index (χ3v) is 8.74. The SMILES string of the molecule is CCB(CC)Oc1c(C(=O)c2ccccc2)c(OB(CC)CC)c(C(=O)c2ccccc2)c(OB(CC)CC)c1C(=O)c1ccccc1. The lowest BCUT2D eigenvalue weighted by atomic mass is 9.61. The van der Waals surface area contributed by atoms with Gasteiger partial charge < -0.3 is 14.0 Å². The van der Waals surface area contributed by atoms with E-state index in [0.717, 1.165) is 0 Å². The van der Waals surface area contributed by atoms with Crippen molar-refractivity contribution in [3.63, 3.8) is 0 Å². The highest BCUT2D eigenvalue weighted by atomic mass is 16.5. The Bertz CT molecular complexity index is 1450. The Kier molecular flexibility index (Phi) is 13.3. The zero-order valence-corrected chi connectivity index (χ0v) is 29.1. The summed E-state index contributed by atoms with van der Waals surface area (Å²) < 4.78 is 20.3. The average molecular weight is 642 g/mol. The Hall–Kier alpha value is -4.52. The molecule has 4 aromatic rings. The minimum atomic E-state index is -0.407. The molecule has 0 spiro atoms. The van der Waals surface area contributed by atoms with Crippen molar-refractivity contribution in [2.75, 3.05) is 0 Å². The van der Waals surface area contributed by atoms with Crippen LogP contribution in [0.2, 0.25) is 37.9 Å². The molecule has 0 fully saturated rings. The molecule has 0 heterocycles. The minimum Gasteiger partial charge on any atom is -0.560 e. The summed E-state index contributed by atoms with van der Waals surface area (Å²) in [6.07, 6.45) is 3.78. The number of carbonyl (C=O) groups excluding carboxylic acids is 3. The van der Waals surface area contributed by atoms with Crippen LogP contribution in [0.15, 0.2) is 91.0 Å². The smallest absolute Gasteiger partial charge is 0.357 e. The maximum Gasteiger partial charge on any atom is 0.357 e. The molecule has 9 heteroatoms. The van der Waals surface area contributed by atoms with Crippen molar-refractivity contribution in [3.05, 3.63) is 124 Å². The Labute approximate surface area is 286 Å². The van der Waals surface area contributed by atoms with E-state index in [1.54, 1.807) is 72.8 Å². The minimum absolute atomic E-state index is 0.0514. The first kappa shape index (κ1) is 36.3. The topological polar surface area (TPSA) is 78.9 Å². The molecule has 0 N–H and O–H groups in total. The second-order valence-corrected chi connectivity index (χ2v) is 11.9. The van der Waals surface area contributed by atoms with Gasteiger partial charge in [-0.1, -0.05) is 133 Å². The normalized spacial score (nSPS) is 10.6. The van der Waals surface area contributed by atoms with Gasteiger partial charge in [0, 0.05) is 16.7 Å². The molecule has 4 aromatic carbocycles. The van der Waals surface area contributed by atoms with Gasteiger partial charge in [0.1, 0.15) is 33.9 Å². The lowest BCUT2D eigenvalue weighted by Gasteiger charge is -2.29. The number of hydrogen-bond acceptors (Lipinski definition) is 6. The van der Waals surface area contributed by atoms with Crippen LogP contribution in [0.4, 0.5) is 0 Å². The second-order valence-electron chi connectivity index (χ2n) is 11.9. The van der Waals surface area contributed by atoms with Crippen LogP contribution in [0, 0.1) is 0 Å². The summed E-state index contributed by atoms with van der Waals surface area (Å²) in [6, 6.07) is 26.5. The van der Waals surface area contributed by atoms with E-state index in [9.17, 15) is 14.4 Å². The Balaban J connectivity index is 2.30. The summed E-state index contributed by atoms with van der Waals surface area (Å²) in [5.74, 6) is -0.976. The van der Waals surface area contributed by atoms with Gasteiger partial charge >= 0.3 is 20.7 Å². The molecule has 0 saturated heterocycles. The fourth-order valence-electron chi connectivity index (χ4n) is 5.72. The molecule has 246 valence electrons. The van der Waals surface area contributed by atoms with Gasteiger partial charge in [-0.25, -0.2) is 0 Å². The van der Waals surface area contributed by atoms with Crippen molar-refractivity contribution < 1.29 is 28.3 Å². The standard InChI is InChI=1S/C39H45B3O6/c1-7-40(8-2)46-37-31(34(43)28-22-16-13-17-23-28)38(47-41(9-3)10-4)33(36(45)30-26-20-15-21-27-30)39(48-42(11-5)12-6)32(37)35(44)29-24-18-14-19-25-29/h13-27H,7-12H2,1-6H3. The third kappa shape index (κ3) is 8.12. The summed E-state index contributed by atoms with van der Waals surface area (Å²) in [5, 5.41) is 0. The van der Waals surface area contributed by atoms with Crippen LogP contribution in [0.5, 0.6) is 17.2 Å². The van der Waals surface area contributed by atoms with Crippen LogP contribution in [0.1, 0.15) is 89.3 Å². The van der Waals surface area contributed by atoms with E-state index in [4.69, 9.17) is 14.0 Å². The van der Waals surface area contributed by atoms with Crippen LogP contribution in [0.25, 0.3) is 0 Å². The van der Waals surface area contributed by atoms with Crippen molar-refractivity contribution >= 4 is 38.1 Å². The molecule has 0 bridgehead atoms. The fourth-order valence-corrected chi connectivity index (χ4v) is 5.72. The molecule has 0 saturated carbocycles. The molecule has 48 heavy (non-hydrogen) atoms. The summed E-state index contributed by atoms with van der Waals surface area (Å²) in [7, 11) is 0. The van der Waals surface area contributed by atoms with Crippen molar-refractivity contribution in [3.8, 4) is 17.2 Å². The van der Waals surface area contributed by atoms with Gasteiger partial charge in [0.25, 0.3) is 0 Å². The molecular weight excluding hydrogens is 597 g/mol. The van der Waals surface area contributed by atoms with Gasteiger partial charge in [-0.05, 0) is 37.9 Å². The fraction of sp³-hybridized carbons (Fsp3) is 0.308. The molecule has 0 aliphatic heterocycles. The number of benzene rings is 4. The summed E-state index contributed by atoms with van der Waals surface area (Å²) in [4.78, 5) is 44.5. The number of ketones is 3. The third-order valence-electron chi connectivity index (χ3n) is 8.74. The van der Waals surface area contributed by atoms with E-state index >= 15 is 0 Å². The summed E-state index contributed by atoms with van der Waals surface area (Å²) >= 11 is 0. The van der Waals surface area contributed by atoms with E-state index < -0.39 is 17.3 Å².